The number of ether oxygens (including phenoxy) is 1. The van der Waals surface area contributed by atoms with Crippen LogP contribution >= 0.6 is 0 Å². The fourth-order valence-corrected chi connectivity index (χ4v) is 2.77. The van der Waals surface area contributed by atoms with Crippen molar-refractivity contribution in [2.75, 3.05) is 31.6 Å². The van der Waals surface area contributed by atoms with Crippen LogP contribution in [-0.4, -0.2) is 42.1 Å². The van der Waals surface area contributed by atoms with Crippen molar-refractivity contribution in [1.29, 1.82) is 0 Å². The summed E-state index contributed by atoms with van der Waals surface area (Å²) in [6, 6.07) is 7.41. The number of aromatic nitrogens is 1. The van der Waals surface area contributed by atoms with E-state index in [-0.39, 0.29) is 5.91 Å². The molecule has 24 heavy (non-hydrogen) atoms. The number of amides is 1. The molecule has 2 aromatic heterocycles. The smallest absolute Gasteiger partial charge is 0.260 e. The van der Waals surface area contributed by atoms with Crippen LogP contribution < -0.4 is 5.32 Å². The minimum absolute atomic E-state index is 0.178. The summed E-state index contributed by atoms with van der Waals surface area (Å²) in [4.78, 5) is 19.3. The Kier molecular flexibility index (Phi) is 5.61. The first-order valence-corrected chi connectivity index (χ1v) is 8.40. The first-order chi connectivity index (χ1) is 11.8. The van der Waals surface area contributed by atoms with Gasteiger partial charge in [0.25, 0.3) is 5.91 Å². The molecule has 6 heteroatoms. The van der Waals surface area contributed by atoms with Gasteiger partial charge in [-0.1, -0.05) is 13.0 Å². The first-order valence-electron chi connectivity index (χ1n) is 8.40. The van der Waals surface area contributed by atoms with Gasteiger partial charge in [0.1, 0.15) is 11.6 Å². The molecule has 0 bridgehead atoms. The molecule has 0 radical (unpaired) electrons. The Morgan fingerprint density at radius 1 is 1.29 bits per heavy atom. The molecule has 0 saturated carbocycles. The molecule has 128 valence electrons. The third-order valence-corrected chi connectivity index (χ3v) is 4.00. The number of morpholine rings is 1. The van der Waals surface area contributed by atoms with E-state index in [2.05, 4.69) is 22.1 Å². The molecule has 0 atom stereocenters. The second-order valence-electron chi connectivity index (χ2n) is 5.86. The zero-order valence-electron chi connectivity index (χ0n) is 14.0. The van der Waals surface area contributed by atoms with Gasteiger partial charge in [-0.3, -0.25) is 9.69 Å². The summed E-state index contributed by atoms with van der Waals surface area (Å²) >= 11 is 0. The van der Waals surface area contributed by atoms with Gasteiger partial charge in [0.15, 0.2) is 0 Å². The highest BCUT2D eigenvalue weighted by Crippen LogP contribution is 2.15. The summed E-state index contributed by atoms with van der Waals surface area (Å²) in [6.45, 7) is 6.16. The van der Waals surface area contributed by atoms with Gasteiger partial charge in [0.2, 0.25) is 0 Å². The Hall–Kier alpha value is -2.18. The molecule has 0 aliphatic carbocycles. The molecule has 0 spiro atoms. The van der Waals surface area contributed by atoms with Crippen LogP contribution in [0.3, 0.4) is 0 Å². The topological polar surface area (TPSA) is 67.6 Å². The number of hydrogen-bond donors (Lipinski definition) is 1. The molecular formula is C18H23N3O3. The van der Waals surface area contributed by atoms with E-state index in [0.29, 0.717) is 11.4 Å². The Labute approximate surface area is 141 Å². The van der Waals surface area contributed by atoms with Gasteiger partial charge >= 0.3 is 0 Å². The van der Waals surface area contributed by atoms with Gasteiger partial charge in [-0.2, -0.15) is 0 Å². The van der Waals surface area contributed by atoms with Crippen LogP contribution in [-0.2, 0) is 17.7 Å². The second-order valence-corrected chi connectivity index (χ2v) is 5.86. The third kappa shape index (κ3) is 4.21. The monoisotopic (exact) mass is 329 g/mol. The van der Waals surface area contributed by atoms with E-state index in [1.165, 1.54) is 0 Å². The molecule has 1 N–H and O–H groups in total. The van der Waals surface area contributed by atoms with Crippen LogP contribution in [0.1, 0.15) is 35.2 Å². The Morgan fingerprint density at radius 3 is 2.92 bits per heavy atom. The summed E-state index contributed by atoms with van der Waals surface area (Å²) in [6.07, 6.45) is 3.24. The number of furan rings is 1. The van der Waals surface area contributed by atoms with Crippen molar-refractivity contribution < 1.29 is 13.9 Å². The van der Waals surface area contributed by atoms with E-state index in [1.54, 1.807) is 18.4 Å². The van der Waals surface area contributed by atoms with E-state index < -0.39 is 0 Å². The standard InChI is InChI=1S/C18H23N3O3/c1-2-4-16-15(7-10-24-16)18(22)20-17-6-3-5-14(19-17)13-21-8-11-23-12-9-21/h3,5-7,10H,2,4,8-9,11-13H2,1H3,(H,19,20,22). The Bertz CT molecular complexity index is 678. The number of hydrogen-bond acceptors (Lipinski definition) is 5. The van der Waals surface area contributed by atoms with E-state index >= 15 is 0 Å². The fraction of sp³-hybridized carbons (Fsp3) is 0.444. The summed E-state index contributed by atoms with van der Waals surface area (Å²) in [5.74, 6) is 1.11. The molecular weight excluding hydrogens is 306 g/mol. The average Bonchev–Trinajstić information content (AvgIpc) is 3.05. The maximum atomic E-state index is 12.4. The minimum atomic E-state index is -0.178. The highest BCUT2D eigenvalue weighted by molar-refractivity contribution is 6.04. The number of carbonyl (C=O) groups is 1. The molecule has 1 saturated heterocycles. The zero-order valence-corrected chi connectivity index (χ0v) is 14.0. The Balaban J connectivity index is 1.65. The molecule has 1 aliphatic rings. The number of nitrogens with one attached hydrogen (secondary N) is 1. The maximum Gasteiger partial charge on any atom is 0.260 e. The quantitative estimate of drug-likeness (QED) is 0.882. The molecule has 2 aromatic rings. The van der Waals surface area contributed by atoms with Crippen LogP contribution in [0.25, 0.3) is 0 Å². The summed E-state index contributed by atoms with van der Waals surface area (Å²) < 4.78 is 10.7. The SMILES string of the molecule is CCCc1occc1C(=O)Nc1cccc(CN2CCOCC2)n1. The normalized spacial score (nSPS) is 15.4. The van der Waals surface area contributed by atoms with Gasteiger partial charge < -0.3 is 14.5 Å². The van der Waals surface area contributed by atoms with Crippen molar-refractivity contribution in [3.05, 3.63) is 47.5 Å². The van der Waals surface area contributed by atoms with E-state index in [0.717, 1.165) is 57.1 Å². The molecule has 0 unspecified atom stereocenters. The Morgan fingerprint density at radius 2 is 2.12 bits per heavy atom. The lowest BCUT2D eigenvalue weighted by Crippen LogP contribution is -2.35. The average molecular weight is 329 g/mol. The van der Waals surface area contributed by atoms with Crippen molar-refractivity contribution in [2.45, 2.75) is 26.3 Å². The van der Waals surface area contributed by atoms with Crippen molar-refractivity contribution >= 4 is 11.7 Å². The van der Waals surface area contributed by atoms with Crippen molar-refractivity contribution in [2.24, 2.45) is 0 Å². The number of nitrogens with zero attached hydrogens (tertiary/aromatic N) is 2. The number of aryl methyl sites for hydroxylation is 1. The molecule has 0 aromatic carbocycles. The maximum absolute atomic E-state index is 12.4. The molecule has 1 aliphatic heterocycles. The predicted octanol–water partition coefficient (Wildman–Crippen LogP) is 2.71. The lowest BCUT2D eigenvalue weighted by molar-refractivity contribution is 0.0337. The first kappa shape index (κ1) is 16.7. The van der Waals surface area contributed by atoms with Crippen LogP contribution in [0.4, 0.5) is 5.82 Å². The van der Waals surface area contributed by atoms with Crippen LogP contribution in [0, 0.1) is 0 Å². The second kappa shape index (κ2) is 8.08. The molecule has 1 amide bonds. The summed E-state index contributed by atoms with van der Waals surface area (Å²) in [5.41, 5.74) is 1.52. The molecule has 3 rings (SSSR count). The van der Waals surface area contributed by atoms with Gasteiger partial charge in [-0.25, -0.2) is 4.98 Å². The van der Waals surface area contributed by atoms with E-state index in [4.69, 9.17) is 9.15 Å². The van der Waals surface area contributed by atoms with Crippen LogP contribution in [0.2, 0.25) is 0 Å². The fourth-order valence-electron chi connectivity index (χ4n) is 2.77. The minimum Gasteiger partial charge on any atom is -0.469 e. The highest BCUT2D eigenvalue weighted by atomic mass is 16.5. The van der Waals surface area contributed by atoms with E-state index in [9.17, 15) is 4.79 Å². The van der Waals surface area contributed by atoms with Crippen LogP contribution in [0.5, 0.6) is 0 Å². The summed E-state index contributed by atoms with van der Waals surface area (Å²) in [5, 5.41) is 2.87. The number of rotatable bonds is 6. The van der Waals surface area contributed by atoms with Gasteiger partial charge in [-0.05, 0) is 24.6 Å². The van der Waals surface area contributed by atoms with Crippen molar-refractivity contribution in [3.8, 4) is 0 Å². The predicted molar refractivity (Wildman–Crippen MR) is 91.0 cm³/mol. The summed E-state index contributed by atoms with van der Waals surface area (Å²) in [7, 11) is 0. The van der Waals surface area contributed by atoms with Crippen molar-refractivity contribution in [1.82, 2.24) is 9.88 Å². The lowest BCUT2D eigenvalue weighted by Gasteiger charge is -2.26. The highest BCUT2D eigenvalue weighted by Gasteiger charge is 2.15. The molecule has 3 heterocycles. The van der Waals surface area contributed by atoms with Crippen LogP contribution in [0.15, 0.2) is 34.9 Å². The van der Waals surface area contributed by atoms with Gasteiger partial charge in [0, 0.05) is 26.1 Å². The number of anilines is 1. The largest absolute Gasteiger partial charge is 0.469 e. The van der Waals surface area contributed by atoms with Gasteiger partial charge in [-0.15, -0.1) is 0 Å². The zero-order chi connectivity index (χ0) is 16.8. The van der Waals surface area contributed by atoms with E-state index in [1.807, 2.05) is 12.1 Å². The molecule has 6 nitrogen and oxygen atoms in total. The number of pyridine rings is 1. The lowest BCUT2D eigenvalue weighted by atomic mass is 10.1. The third-order valence-electron chi connectivity index (χ3n) is 4.00. The molecule has 1 fully saturated rings. The number of carbonyl (C=O) groups excluding carboxylic acids is 1. The van der Waals surface area contributed by atoms with Crippen molar-refractivity contribution in [3.63, 3.8) is 0 Å². The van der Waals surface area contributed by atoms with Gasteiger partial charge in [0.05, 0.1) is 30.7 Å².